The Morgan fingerprint density at radius 3 is 2.67 bits per heavy atom. The number of anilines is 1. The van der Waals surface area contributed by atoms with Gasteiger partial charge in [-0.2, -0.15) is 13.2 Å². The summed E-state index contributed by atoms with van der Waals surface area (Å²) in [5.41, 5.74) is 4.96. The Hall–Kier alpha value is -0.980. The van der Waals surface area contributed by atoms with Crippen LogP contribution in [0.1, 0.15) is 24.8 Å². The SMILES string of the molecule is NCC1(Nc2cc(Cl)cc(C(F)(F)F)c2)CCCOCC1. The third-order valence-corrected chi connectivity index (χ3v) is 3.91. The van der Waals surface area contributed by atoms with Crippen molar-refractivity contribution in [3.05, 3.63) is 28.8 Å². The molecule has 0 bridgehead atoms. The van der Waals surface area contributed by atoms with Crippen molar-refractivity contribution in [2.75, 3.05) is 25.1 Å². The molecule has 0 aliphatic carbocycles. The zero-order valence-corrected chi connectivity index (χ0v) is 12.2. The van der Waals surface area contributed by atoms with E-state index in [-0.39, 0.29) is 5.02 Å². The van der Waals surface area contributed by atoms with Crippen molar-refractivity contribution in [2.45, 2.75) is 31.0 Å². The predicted molar refractivity (Wildman–Crippen MR) is 76.5 cm³/mol. The van der Waals surface area contributed by atoms with Crippen LogP contribution >= 0.6 is 11.6 Å². The van der Waals surface area contributed by atoms with E-state index < -0.39 is 17.3 Å². The van der Waals surface area contributed by atoms with Gasteiger partial charge in [-0.25, -0.2) is 0 Å². The van der Waals surface area contributed by atoms with Crippen molar-refractivity contribution < 1.29 is 17.9 Å². The van der Waals surface area contributed by atoms with Crippen molar-refractivity contribution in [2.24, 2.45) is 5.73 Å². The summed E-state index contributed by atoms with van der Waals surface area (Å²) in [5, 5.41) is 3.19. The van der Waals surface area contributed by atoms with Crippen LogP contribution in [-0.4, -0.2) is 25.3 Å². The van der Waals surface area contributed by atoms with Crippen LogP contribution in [0.4, 0.5) is 18.9 Å². The van der Waals surface area contributed by atoms with Gasteiger partial charge in [-0.3, -0.25) is 0 Å². The molecule has 1 aromatic carbocycles. The predicted octanol–water partition coefficient (Wildman–Crippen LogP) is 3.67. The summed E-state index contributed by atoms with van der Waals surface area (Å²) in [6.07, 6.45) is -2.21. The third-order valence-electron chi connectivity index (χ3n) is 3.69. The highest BCUT2D eigenvalue weighted by molar-refractivity contribution is 6.30. The lowest BCUT2D eigenvalue weighted by atomic mass is 9.90. The van der Waals surface area contributed by atoms with Crippen molar-refractivity contribution in [3.8, 4) is 0 Å². The Bertz CT molecular complexity index is 486. The summed E-state index contributed by atoms with van der Waals surface area (Å²) >= 11 is 5.80. The fourth-order valence-electron chi connectivity index (χ4n) is 2.52. The minimum absolute atomic E-state index is 0.0457. The van der Waals surface area contributed by atoms with E-state index in [1.807, 2.05) is 0 Å². The van der Waals surface area contributed by atoms with Crippen LogP contribution in [0.5, 0.6) is 0 Å². The lowest BCUT2D eigenvalue weighted by Gasteiger charge is -2.33. The van der Waals surface area contributed by atoms with Crippen molar-refractivity contribution in [3.63, 3.8) is 0 Å². The molecule has 1 unspecified atom stereocenters. The summed E-state index contributed by atoms with van der Waals surface area (Å²) in [5.74, 6) is 0. The molecule has 1 aliphatic heterocycles. The van der Waals surface area contributed by atoms with Crippen LogP contribution in [0.25, 0.3) is 0 Å². The van der Waals surface area contributed by atoms with E-state index in [0.717, 1.165) is 25.0 Å². The van der Waals surface area contributed by atoms with Gasteiger partial charge in [-0.15, -0.1) is 0 Å². The molecule has 3 N–H and O–H groups in total. The topological polar surface area (TPSA) is 47.3 Å². The van der Waals surface area contributed by atoms with Crippen molar-refractivity contribution in [1.82, 2.24) is 0 Å². The summed E-state index contributed by atoms with van der Waals surface area (Å²) in [7, 11) is 0. The number of rotatable bonds is 3. The Labute approximate surface area is 126 Å². The molecule has 1 atom stereocenters. The zero-order valence-electron chi connectivity index (χ0n) is 11.5. The van der Waals surface area contributed by atoms with Crippen molar-refractivity contribution in [1.29, 1.82) is 0 Å². The molecule has 0 aromatic heterocycles. The highest BCUT2D eigenvalue weighted by Gasteiger charge is 2.33. The summed E-state index contributed by atoms with van der Waals surface area (Å²) in [4.78, 5) is 0. The van der Waals surface area contributed by atoms with Crippen LogP contribution in [0, 0.1) is 0 Å². The fraction of sp³-hybridized carbons (Fsp3) is 0.571. The largest absolute Gasteiger partial charge is 0.416 e. The first-order chi connectivity index (χ1) is 9.85. The van der Waals surface area contributed by atoms with Crippen LogP contribution in [0.2, 0.25) is 5.02 Å². The molecule has 1 heterocycles. The molecule has 118 valence electrons. The first-order valence-electron chi connectivity index (χ1n) is 6.78. The molecule has 0 spiro atoms. The normalized spacial score (nSPS) is 23.7. The second kappa shape index (κ2) is 6.42. The first-order valence-corrected chi connectivity index (χ1v) is 7.16. The maximum Gasteiger partial charge on any atom is 0.416 e. The second-order valence-corrected chi connectivity index (χ2v) is 5.74. The molecular weight excluding hydrogens is 305 g/mol. The molecule has 1 aliphatic rings. The highest BCUT2D eigenvalue weighted by Crippen LogP contribution is 2.35. The fourth-order valence-corrected chi connectivity index (χ4v) is 2.75. The molecule has 0 amide bonds. The molecule has 1 saturated heterocycles. The molecule has 1 aromatic rings. The quantitative estimate of drug-likeness (QED) is 0.892. The number of hydrogen-bond donors (Lipinski definition) is 2. The van der Waals surface area contributed by atoms with Gasteiger partial charge < -0.3 is 15.8 Å². The Kier molecular flexibility index (Phi) is 5.01. The zero-order chi connectivity index (χ0) is 15.5. The smallest absolute Gasteiger partial charge is 0.381 e. The van der Waals surface area contributed by atoms with Gasteiger partial charge in [0.1, 0.15) is 0 Å². The number of benzene rings is 1. The number of ether oxygens (including phenoxy) is 1. The van der Waals surface area contributed by atoms with Gasteiger partial charge in [0, 0.05) is 30.5 Å². The molecule has 0 radical (unpaired) electrons. The first kappa shape index (κ1) is 16.4. The molecule has 7 heteroatoms. The van der Waals surface area contributed by atoms with Crippen LogP contribution in [0.15, 0.2) is 18.2 Å². The monoisotopic (exact) mass is 322 g/mol. The number of nitrogens with one attached hydrogen (secondary N) is 1. The minimum atomic E-state index is -4.43. The molecule has 1 fully saturated rings. The van der Waals surface area contributed by atoms with Gasteiger partial charge in [0.2, 0.25) is 0 Å². The molecule has 2 rings (SSSR count). The van der Waals surface area contributed by atoms with E-state index in [1.54, 1.807) is 0 Å². The standard InChI is InChI=1S/C14H18ClF3N2O/c15-11-6-10(14(16,17)18)7-12(8-11)20-13(9-19)2-1-4-21-5-3-13/h6-8,20H,1-5,9,19H2. The van der Waals surface area contributed by atoms with E-state index in [9.17, 15) is 13.2 Å². The molecule has 0 saturated carbocycles. The van der Waals surface area contributed by atoms with E-state index in [1.165, 1.54) is 6.07 Å². The van der Waals surface area contributed by atoms with E-state index in [2.05, 4.69) is 5.32 Å². The van der Waals surface area contributed by atoms with Gasteiger partial charge in [0.05, 0.1) is 11.1 Å². The second-order valence-electron chi connectivity index (χ2n) is 5.30. The maximum absolute atomic E-state index is 12.8. The summed E-state index contributed by atoms with van der Waals surface area (Å²) < 4.78 is 43.9. The molecule has 21 heavy (non-hydrogen) atoms. The number of nitrogens with two attached hydrogens (primary N) is 1. The molecular formula is C14H18ClF3N2O. The Morgan fingerprint density at radius 1 is 1.24 bits per heavy atom. The Morgan fingerprint density at radius 2 is 2.00 bits per heavy atom. The summed E-state index contributed by atoms with van der Waals surface area (Å²) in [6.45, 7) is 1.51. The lowest BCUT2D eigenvalue weighted by Crippen LogP contribution is -2.45. The van der Waals surface area contributed by atoms with Gasteiger partial charge in [0.25, 0.3) is 0 Å². The van der Waals surface area contributed by atoms with E-state index in [4.69, 9.17) is 22.1 Å². The molecule has 3 nitrogen and oxygen atoms in total. The van der Waals surface area contributed by atoms with Crippen LogP contribution < -0.4 is 11.1 Å². The van der Waals surface area contributed by atoms with E-state index in [0.29, 0.717) is 31.9 Å². The summed E-state index contributed by atoms with van der Waals surface area (Å²) in [6, 6.07) is 3.47. The Balaban J connectivity index is 2.26. The van der Waals surface area contributed by atoms with Crippen LogP contribution in [0.3, 0.4) is 0 Å². The maximum atomic E-state index is 12.8. The van der Waals surface area contributed by atoms with Gasteiger partial charge in [-0.1, -0.05) is 11.6 Å². The average Bonchev–Trinajstić information content (AvgIpc) is 2.63. The van der Waals surface area contributed by atoms with E-state index >= 15 is 0 Å². The number of hydrogen-bond acceptors (Lipinski definition) is 3. The van der Waals surface area contributed by atoms with Gasteiger partial charge in [-0.05, 0) is 37.5 Å². The highest BCUT2D eigenvalue weighted by atomic mass is 35.5. The van der Waals surface area contributed by atoms with Gasteiger partial charge >= 0.3 is 6.18 Å². The lowest BCUT2D eigenvalue weighted by molar-refractivity contribution is -0.137. The third kappa shape index (κ3) is 4.25. The number of halogens is 4. The van der Waals surface area contributed by atoms with Crippen LogP contribution in [-0.2, 0) is 10.9 Å². The number of alkyl halides is 3. The minimum Gasteiger partial charge on any atom is -0.381 e. The van der Waals surface area contributed by atoms with Gasteiger partial charge in [0.15, 0.2) is 0 Å². The average molecular weight is 323 g/mol. The van der Waals surface area contributed by atoms with Crippen molar-refractivity contribution >= 4 is 17.3 Å².